The molecule has 0 spiro atoms. The molecule has 0 saturated carbocycles. The Bertz CT molecular complexity index is 1150. The van der Waals surface area contributed by atoms with Crippen LogP contribution >= 0.6 is 11.6 Å². The van der Waals surface area contributed by atoms with Gasteiger partial charge >= 0.3 is 12.0 Å². The highest BCUT2D eigenvalue weighted by molar-refractivity contribution is 6.30. The van der Waals surface area contributed by atoms with Crippen molar-refractivity contribution in [1.82, 2.24) is 5.32 Å². The number of halogens is 1. The van der Waals surface area contributed by atoms with Gasteiger partial charge in [-0.05, 0) is 54.1 Å². The number of nitrogens with two attached hydrogens (primary N) is 1. The zero-order chi connectivity index (χ0) is 24.3. The number of benzene rings is 3. The number of urea groups is 1. The van der Waals surface area contributed by atoms with Gasteiger partial charge in [-0.25, -0.2) is 4.79 Å². The highest BCUT2D eigenvalue weighted by atomic mass is 35.5. The van der Waals surface area contributed by atoms with E-state index in [0.717, 1.165) is 5.69 Å². The Morgan fingerprint density at radius 1 is 0.882 bits per heavy atom. The summed E-state index contributed by atoms with van der Waals surface area (Å²) in [6, 6.07) is 21.1. The molecule has 3 amide bonds. The van der Waals surface area contributed by atoms with E-state index in [1.807, 2.05) is 30.3 Å². The number of nitrogens with zero attached hydrogens (tertiary/aromatic N) is 2. The van der Waals surface area contributed by atoms with Crippen molar-refractivity contribution in [1.29, 1.82) is 0 Å². The van der Waals surface area contributed by atoms with Crippen molar-refractivity contribution in [3.8, 4) is 0 Å². The molecule has 34 heavy (non-hydrogen) atoms. The van der Waals surface area contributed by atoms with Gasteiger partial charge in [-0.2, -0.15) is 10.2 Å². The zero-order valence-electron chi connectivity index (χ0n) is 18.0. The van der Waals surface area contributed by atoms with E-state index < -0.39 is 30.6 Å². The molecule has 3 aromatic rings. The van der Waals surface area contributed by atoms with Crippen LogP contribution in [-0.2, 0) is 14.3 Å². The molecular weight excluding hydrogens is 458 g/mol. The maximum Gasteiger partial charge on any atom is 0.312 e. The summed E-state index contributed by atoms with van der Waals surface area (Å²) in [5.41, 5.74) is 7.67. The molecule has 0 radical (unpaired) electrons. The third-order valence-corrected chi connectivity index (χ3v) is 4.76. The van der Waals surface area contributed by atoms with Gasteiger partial charge in [0.05, 0.1) is 23.8 Å². The van der Waals surface area contributed by atoms with Crippen molar-refractivity contribution in [2.75, 3.05) is 11.9 Å². The third-order valence-electron chi connectivity index (χ3n) is 4.51. The Labute approximate surface area is 201 Å². The van der Waals surface area contributed by atoms with Gasteiger partial charge < -0.3 is 21.1 Å². The van der Waals surface area contributed by atoms with Crippen LogP contribution in [0.3, 0.4) is 0 Å². The highest BCUT2D eigenvalue weighted by Crippen LogP contribution is 2.21. The number of primary amides is 1. The Balaban J connectivity index is 1.48. The van der Waals surface area contributed by atoms with E-state index in [-0.39, 0.29) is 6.42 Å². The number of anilines is 1. The second-order valence-electron chi connectivity index (χ2n) is 7.11. The molecule has 9 nitrogen and oxygen atoms in total. The number of ether oxygens (including phenoxy) is 1. The molecule has 0 aromatic heterocycles. The van der Waals surface area contributed by atoms with E-state index in [0.29, 0.717) is 22.0 Å². The lowest BCUT2D eigenvalue weighted by Crippen LogP contribution is -2.35. The number of nitrogens with one attached hydrogen (secondary N) is 2. The van der Waals surface area contributed by atoms with Gasteiger partial charge in [-0.3, -0.25) is 9.59 Å². The summed E-state index contributed by atoms with van der Waals surface area (Å²) in [6.45, 7) is -0.488. The van der Waals surface area contributed by atoms with Crippen molar-refractivity contribution >= 4 is 46.6 Å². The van der Waals surface area contributed by atoms with E-state index in [1.54, 1.807) is 48.5 Å². The first-order valence-electron chi connectivity index (χ1n) is 10.2. The molecule has 3 rings (SSSR count). The molecule has 3 aromatic carbocycles. The predicted molar refractivity (Wildman–Crippen MR) is 128 cm³/mol. The zero-order valence-corrected chi connectivity index (χ0v) is 18.7. The number of carbonyl (C=O) groups is 3. The lowest BCUT2D eigenvalue weighted by atomic mass is 10.0. The van der Waals surface area contributed by atoms with Gasteiger partial charge in [0.25, 0.3) is 5.91 Å². The van der Waals surface area contributed by atoms with Gasteiger partial charge in [0.15, 0.2) is 6.61 Å². The first kappa shape index (κ1) is 24.4. The van der Waals surface area contributed by atoms with Crippen LogP contribution < -0.4 is 16.4 Å². The molecule has 0 heterocycles. The van der Waals surface area contributed by atoms with Crippen LogP contribution in [0.2, 0.25) is 5.02 Å². The molecule has 0 aliphatic rings. The quantitative estimate of drug-likeness (QED) is 0.292. The summed E-state index contributed by atoms with van der Waals surface area (Å²) in [6.07, 6.45) is -0.209. The summed E-state index contributed by atoms with van der Waals surface area (Å²) in [5, 5.41) is 13.9. The van der Waals surface area contributed by atoms with Crippen molar-refractivity contribution in [3.05, 3.63) is 89.4 Å². The van der Waals surface area contributed by atoms with Crippen molar-refractivity contribution < 1.29 is 19.1 Å². The predicted octanol–water partition coefficient (Wildman–Crippen LogP) is 5.04. The first-order chi connectivity index (χ1) is 16.4. The van der Waals surface area contributed by atoms with Crippen LogP contribution in [0.4, 0.5) is 21.9 Å². The van der Waals surface area contributed by atoms with Crippen LogP contribution in [0, 0.1) is 0 Å². The van der Waals surface area contributed by atoms with Gasteiger partial charge in [0.1, 0.15) is 0 Å². The average Bonchev–Trinajstić information content (AvgIpc) is 2.83. The van der Waals surface area contributed by atoms with Crippen LogP contribution in [-0.4, -0.2) is 24.5 Å². The number of esters is 1. The molecule has 174 valence electrons. The summed E-state index contributed by atoms with van der Waals surface area (Å²) in [5.74, 6) is -1.20. The second kappa shape index (κ2) is 12.1. The fourth-order valence-electron chi connectivity index (χ4n) is 2.91. The number of amides is 3. The van der Waals surface area contributed by atoms with Crippen molar-refractivity contribution in [2.45, 2.75) is 12.5 Å². The Morgan fingerprint density at radius 3 is 2.12 bits per heavy atom. The number of hydrogen-bond donors (Lipinski definition) is 3. The van der Waals surface area contributed by atoms with Crippen LogP contribution in [0.1, 0.15) is 18.0 Å². The molecule has 0 aliphatic heterocycles. The minimum Gasteiger partial charge on any atom is -0.455 e. The summed E-state index contributed by atoms with van der Waals surface area (Å²) < 4.78 is 5.04. The summed E-state index contributed by atoms with van der Waals surface area (Å²) in [7, 11) is 0. The van der Waals surface area contributed by atoms with Gasteiger partial charge in [-0.15, -0.1) is 0 Å². The van der Waals surface area contributed by atoms with Gasteiger partial charge in [0, 0.05) is 10.7 Å². The lowest BCUT2D eigenvalue weighted by molar-refractivity contribution is -0.147. The van der Waals surface area contributed by atoms with Crippen LogP contribution in [0.5, 0.6) is 0 Å². The van der Waals surface area contributed by atoms with Crippen molar-refractivity contribution in [2.24, 2.45) is 16.0 Å². The number of azo groups is 1. The normalized spacial score (nSPS) is 11.6. The van der Waals surface area contributed by atoms with Crippen LogP contribution in [0.15, 0.2) is 89.1 Å². The second-order valence-corrected chi connectivity index (χ2v) is 7.54. The number of rotatable bonds is 9. The minimum atomic E-state index is -0.794. The Morgan fingerprint density at radius 2 is 1.50 bits per heavy atom. The molecule has 0 fully saturated rings. The van der Waals surface area contributed by atoms with E-state index in [2.05, 4.69) is 20.9 Å². The Kier molecular flexibility index (Phi) is 8.70. The maximum absolute atomic E-state index is 12.2. The number of carbonyl (C=O) groups excluding carboxylic acids is 3. The molecule has 1 atom stereocenters. The van der Waals surface area contributed by atoms with Crippen molar-refractivity contribution in [3.63, 3.8) is 0 Å². The topological polar surface area (TPSA) is 135 Å². The maximum atomic E-state index is 12.2. The Hall–Kier alpha value is -4.24. The molecule has 0 bridgehead atoms. The van der Waals surface area contributed by atoms with Gasteiger partial charge in [0.2, 0.25) is 0 Å². The molecule has 10 heteroatoms. The summed E-state index contributed by atoms with van der Waals surface area (Å²) >= 11 is 5.87. The van der Waals surface area contributed by atoms with Gasteiger partial charge in [-0.1, -0.05) is 41.9 Å². The number of hydrogen-bond acceptors (Lipinski definition) is 6. The average molecular weight is 480 g/mol. The first-order valence-corrected chi connectivity index (χ1v) is 10.6. The monoisotopic (exact) mass is 479 g/mol. The summed E-state index contributed by atoms with van der Waals surface area (Å²) in [4.78, 5) is 35.7. The largest absolute Gasteiger partial charge is 0.455 e. The molecular formula is C24H22ClN5O4. The molecule has 0 aliphatic carbocycles. The lowest BCUT2D eigenvalue weighted by Gasteiger charge is -2.17. The van der Waals surface area contributed by atoms with Crippen LogP contribution in [0.25, 0.3) is 0 Å². The molecule has 1 unspecified atom stereocenters. The molecule has 4 N–H and O–H groups in total. The SMILES string of the molecule is NC(=O)NC(CC(=O)OCC(=O)Nc1ccc(N=Nc2ccccc2)cc1)c1ccc(Cl)cc1. The van der Waals surface area contributed by atoms with E-state index in [9.17, 15) is 14.4 Å². The van der Waals surface area contributed by atoms with E-state index in [1.165, 1.54) is 0 Å². The minimum absolute atomic E-state index is 0.209. The standard InChI is InChI=1S/C24H22ClN5O4/c25-17-8-6-16(7-9-17)21(28-24(26)33)14-23(32)34-15-22(31)27-18-10-12-20(13-11-18)30-29-19-4-2-1-3-5-19/h1-13,21H,14-15H2,(H,27,31)(H3,26,28,33). The fourth-order valence-corrected chi connectivity index (χ4v) is 3.04. The van der Waals surface area contributed by atoms with E-state index >= 15 is 0 Å². The highest BCUT2D eigenvalue weighted by Gasteiger charge is 2.19. The van der Waals surface area contributed by atoms with E-state index in [4.69, 9.17) is 22.1 Å². The fraction of sp³-hybridized carbons (Fsp3) is 0.125. The molecule has 0 saturated heterocycles. The third kappa shape index (κ3) is 8.03. The smallest absolute Gasteiger partial charge is 0.312 e.